The highest BCUT2D eigenvalue weighted by atomic mass is 19.1. The average molecular weight is 476 g/mol. The van der Waals surface area contributed by atoms with Crippen LogP contribution in [0.1, 0.15) is 67.1 Å². The summed E-state index contributed by atoms with van der Waals surface area (Å²) in [4.78, 5) is 15.5. The standard InChI is InChI=1S/C27H27F2N5O/c1-15(2)16-5-8-25(23(29)9-16)34-26(17-3-4-18(14-30)22(28)10-17)13-24(32-34)27(35)33-20-6-7-21(33)12-19(31)11-20/h3-5,8-10,13,15,19-21H,6-7,11-12,31H2,1-2H3. The molecule has 0 spiro atoms. The van der Waals surface area contributed by atoms with E-state index in [9.17, 15) is 9.18 Å². The summed E-state index contributed by atoms with van der Waals surface area (Å²) in [6.45, 7) is 3.95. The van der Waals surface area contributed by atoms with Crippen LogP contribution in [-0.2, 0) is 0 Å². The molecule has 2 fully saturated rings. The number of halogens is 2. The molecule has 3 aromatic rings. The van der Waals surface area contributed by atoms with E-state index in [1.807, 2.05) is 24.8 Å². The normalized spacial score (nSPS) is 21.4. The first-order valence-electron chi connectivity index (χ1n) is 11.9. The third-order valence-corrected chi connectivity index (χ3v) is 7.18. The Bertz CT molecular complexity index is 1330. The maximum atomic E-state index is 15.2. The molecule has 0 radical (unpaired) electrons. The van der Waals surface area contributed by atoms with Crippen LogP contribution >= 0.6 is 0 Å². The van der Waals surface area contributed by atoms with Gasteiger partial charge in [0.25, 0.3) is 5.91 Å². The molecule has 8 heteroatoms. The van der Waals surface area contributed by atoms with Gasteiger partial charge in [0.15, 0.2) is 5.69 Å². The van der Waals surface area contributed by atoms with Gasteiger partial charge in [0.05, 0.1) is 11.3 Å². The summed E-state index contributed by atoms with van der Waals surface area (Å²) in [6, 6.07) is 12.7. The first kappa shape index (κ1) is 23.2. The monoisotopic (exact) mass is 475 g/mol. The van der Waals surface area contributed by atoms with Crippen LogP contribution in [0.5, 0.6) is 0 Å². The number of carbonyl (C=O) groups is 1. The Balaban J connectivity index is 1.61. The highest BCUT2D eigenvalue weighted by molar-refractivity contribution is 5.94. The number of aromatic nitrogens is 2. The van der Waals surface area contributed by atoms with Crippen LogP contribution in [0.2, 0.25) is 0 Å². The molecule has 1 amide bonds. The minimum absolute atomic E-state index is 0.0688. The van der Waals surface area contributed by atoms with Crippen molar-refractivity contribution in [3.63, 3.8) is 0 Å². The number of rotatable bonds is 4. The molecule has 2 bridgehead atoms. The molecule has 2 aliphatic heterocycles. The molecule has 2 unspecified atom stereocenters. The second kappa shape index (κ2) is 8.90. The van der Waals surface area contributed by atoms with Crippen LogP contribution in [0, 0.1) is 23.0 Å². The lowest BCUT2D eigenvalue weighted by Gasteiger charge is -2.37. The molecule has 0 saturated carbocycles. The maximum absolute atomic E-state index is 15.2. The Hall–Kier alpha value is -3.57. The number of carbonyl (C=O) groups excluding carboxylic acids is 1. The smallest absolute Gasteiger partial charge is 0.274 e. The quantitative estimate of drug-likeness (QED) is 0.581. The van der Waals surface area contributed by atoms with Crippen LogP contribution < -0.4 is 5.73 Å². The Morgan fingerprint density at radius 3 is 2.40 bits per heavy atom. The SMILES string of the molecule is CC(C)c1ccc(-n2nc(C(=O)N3C4CCC3CC(N)C4)cc2-c2ccc(C#N)c(F)c2)c(F)c1. The van der Waals surface area contributed by atoms with Crippen molar-refractivity contribution in [2.75, 3.05) is 0 Å². The van der Waals surface area contributed by atoms with Gasteiger partial charge in [0, 0.05) is 23.7 Å². The summed E-state index contributed by atoms with van der Waals surface area (Å²) < 4.78 is 31.1. The van der Waals surface area contributed by atoms with Gasteiger partial charge in [0.2, 0.25) is 0 Å². The molecule has 2 N–H and O–H groups in total. The van der Waals surface area contributed by atoms with Crippen molar-refractivity contribution in [1.29, 1.82) is 5.26 Å². The molecule has 2 aliphatic rings. The van der Waals surface area contributed by atoms with E-state index in [0.29, 0.717) is 11.3 Å². The minimum Gasteiger partial charge on any atom is -0.331 e. The highest BCUT2D eigenvalue weighted by Crippen LogP contribution is 2.37. The van der Waals surface area contributed by atoms with Crippen LogP contribution in [0.3, 0.4) is 0 Å². The van der Waals surface area contributed by atoms with E-state index in [0.717, 1.165) is 31.2 Å². The van der Waals surface area contributed by atoms with E-state index in [1.54, 1.807) is 24.3 Å². The number of hydrogen-bond acceptors (Lipinski definition) is 4. The molecule has 180 valence electrons. The molecule has 2 aromatic carbocycles. The van der Waals surface area contributed by atoms with Gasteiger partial charge in [0.1, 0.15) is 23.4 Å². The van der Waals surface area contributed by atoms with Gasteiger partial charge in [-0.05, 0) is 67.5 Å². The van der Waals surface area contributed by atoms with Gasteiger partial charge in [-0.15, -0.1) is 0 Å². The largest absolute Gasteiger partial charge is 0.331 e. The van der Waals surface area contributed by atoms with Gasteiger partial charge in [-0.1, -0.05) is 26.0 Å². The molecule has 2 saturated heterocycles. The van der Waals surface area contributed by atoms with E-state index in [-0.39, 0.29) is 46.9 Å². The van der Waals surface area contributed by atoms with Gasteiger partial charge in [-0.25, -0.2) is 13.5 Å². The number of piperidine rings is 1. The lowest BCUT2D eigenvalue weighted by Crippen LogP contribution is -2.50. The summed E-state index contributed by atoms with van der Waals surface area (Å²) in [5.74, 6) is -1.26. The Labute approximate surface area is 203 Å². The van der Waals surface area contributed by atoms with Crippen molar-refractivity contribution in [2.24, 2.45) is 5.73 Å². The molecule has 3 heterocycles. The third-order valence-electron chi connectivity index (χ3n) is 7.18. The lowest BCUT2D eigenvalue weighted by molar-refractivity contribution is 0.0568. The summed E-state index contributed by atoms with van der Waals surface area (Å²) >= 11 is 0. The van der Waals surface area contributed by atoms with Crippen molar-refractivity contribution in [1.82, 2.24) is 14.7 Å². The summed E-state index contributed by atoms with van der Waals surface area (Å²) in [6.07, 6.45) is 3.32. The molecular weight excluding hydrogens is 448 g/mol. The molecule has 0 aliphatic carbocycles. The zero-order valence-corrected chi connectivity index (χ0v) is 19.7. The lowest BCUT2D eigenvalue weighted by atomic mass is 9.98. The second-order valence-corrected chi connectivity index (χ2v) is 9.83. The molecule has 6 nitrogen and oxygen atoms in total. The fourth-order valence-corrected chi connectivity index (χ4v) is 5.38. The predicted molar refractivity (Wildman–Crippen MR) is 128 cm³/mol. The van der Waals surface area contributed by atoms with Crippen molar-refractivity contribution < 1.29 is 13.6 Å². The molecule has 35 heavy (non-hydrogen) atoms. The first-order valence-corrected chi connectivity index (χ1v) is 11.9. The number of amides is 1. The number of benzene rings is 2. The minimum atomic E-state index is -0.690. The number of nitrogens with zero attached hydrogens (tertiary/aromatic N) is 4. The number of hydrogen-bond donors (Lipinski definition) is 1. The Morgan fingerprint density at radius 1 is 1.09 bits per heavy atom. The summed E-state index contributed by atoms with van der Waals surface area (Å²) in [5.41, 5.74) is 8.01. The van der Waals surface area contributed by atoms with E-state index >= 15 is 4.39 Å². The van der Waals surface area contributed by atoms with Crippen molar-refractivity contribution in [2.45, 2.75) is 63.6 Å². The van der Waals surface area contributed by atoms with Crippen LogP contribution in [0.4, 0.5) is 8.78 Å². The second-order valence-electron chi connectivity index (χ2n) is 9.83. The van der Waals surface area contributed by atoms with Crippen molar-refractivity contribution >= 4 is 5.91 Å². The number of nitriles is 1. The summed E-state index contributed by atoms with van der Waals surface area (Å²) in [7, 11) is 0. The number of nitrogens with two attached hydrogens (primary N) is 1. The van der Waals surface area contributed by atoms with E-state index in [2.05, 4.69) is 5.10 Å². The van der Waals surface area contributed by atoms with E-state index in [1.165, 1.54) is 22.9 Å². The maximum Gasteiger partial charge on any atom is 0.274 e. The predicted octanol–water partition coefficient (Wildman–Crippen LogP) is 4.91. The molecule has 2 atom stereocenters. The fourth-order valence-electron chi connectivity index (χ4n) is 5.38. The van der Waals surface area contributed by atoms with E-state index < -0.39 is 11.6 Å². The highest BCUT2D eigenvalue weighted by Gasteiger charge is 2.43. The van der Waals surface area contributed by atoms with Crippen molar-refractivity contribution in [3.05, 3.63) is 70.9 Å². The Morgan fingerprint density at radius 2 is 1.80 bits per heavy atom. The van der Waals surface area contributed by atoms with Gasteiger partial charge in [-0.3, -0.25) is 4.79 Å². The summed E-state index contributed by atoms with van der Waals surface area (Å²) in [5, 5.41) is 13.6. The average Bonchev–Trinajstić information content (AvgIpc) is 3.38. The van der Waals surface area contributed by atoms with Crippen LogP contribution in [-0.4, -0.2) is 38.7 Å². The molecule has 1 aromatic heterocycles. The topological polar surface area (TPSA) is 87.9 Å². The third kappa shape index (κ3) is 4.10. The fraction of sp³-hybridized carbons (Fsp3) is 0.370. The Kier molecular flexibility index (Phi) is 5.89. The van der Waals surface area contributed by atoms with Crippen molar-refractivity contribution in [3.8, 4) is 23.0 Å². The molecule has 5 rings (SSSR count). The van der Waals surface area contributed by atoms with E-state index in [4.69, 9.17) is 11.0 Å². The first-order chi connectivity index (χ1) is 16.8. The van der Waals surface area contributed by atoms with Gasteiger partial charge >= 0.3 is 0 Å². The zero-order valence-electron chi connectivity index (χ0n) is 19.7. The van der Waals surface area contributed by atoms with Gasteiger partial charge in [-0.2, -0.15) is 10.4 Å². The van der Waals surface area contributed by atoms with Gasteiger partial charge < -0.3 is 10.6 Å². The zero-order chi connectivity index (χ0) is 24.9. The molecular formula is C27H27F2N5O. The van der Waals surface area contributed by atoms with Crippen LogP contribution in [0.25, 0.3) is 16.9 Å². The number of fused-ring (bicyclic) bond motifs is 2. The van der Waals surface area contributed by atoms with Crippen LogP contribution in [0.15, 0.2) is 42.5 Å².